The predicted molar refractivity (Wildman–Crippen MR) is 83.0 cm³/mol. The molecule has 1 atom stereocenters. The number of hydrogen-bond donors (Lipinski definition) is 0. The first-order valence-electron chi connectivity index (χ1n) is 7.00. The van der Waals surface area contributed by atoms with Crippen LogP contribution in [0.15, 0.2) is 23.4 Å². The molecule has 1 aromatic rings. The summed E-state index contributed by atoms with van der Waals surface area (Å²) in [6.45, 7) is 6.57. The molecule has 2 heterocycles. The highest BCUT2D eigenvalue weighted by Crippen LogP contribution is 2.34. The van der Waals surface area contributed by atoms with Crippen LogP contribution in [0, 0.1) is 10.1 Å². The standard InChI is InChI=1S/C14H19N3O4S/c1-14(2,3)21-13(18)16-8-6-10(9-16)22-12-11(17(19)20)5-4-7-15-12/h4-5,7,10H,6,8-9H2,1-3H3/t10-/m1/s1. The van der Waals surface area contributed by atoms with Crippen molar-refractivity contribution in [2.75, 3.05) is 13.1 Å². The molecule has 1 aromatic heterocycles. The molecule has 1 aliphatic rings. The van der Waals surface area contributed by atoms with Crippen molar-refractivity contribution in [2.45, 2.75) is 43.1 Å². The molecular weight excluding hydrogens is 306 g/mol. The van der Waals surface area contributed by atoms with Gasteiger partial charge in [0.2, 0.25) is 0 Å². The summed E-state index contributed by atoms with van der Waals surface area (Å²) in [6, 6.07) is 2.99. The normalized spacial score (nSPS) is 18.3. The van der Waals surface area contributed by atoms with Crippen LogP contribution in [-0.2, 0) is 4.74 Å². The molecule has 1 fully saturated rings. The smallest absolute Gasteiger partial charge is 0.410 e. The Labute approximate surface area is 133 Å². The fourth-order valence-electron chi connectivity index (χ4n) is 2.09. The maximum Gasteiger partial charge on any atom is 0.410 e. The van der Waals surface area contributed by atoms with Crippen molar-refractivity contribution in [1.29, 1.82) is 0 Å². The van der Waals surface area contributed by atoms with Crippen molar-refractivity contribution < 1.29 is 14.5 Å². The molecule has 0 aliphatic carbocycles. The Hall–Kier alpha value is -1.83. The first-order chi connectivity index (χ1) is 10.3. The minimum atomic E-state index is -0.526. The molecule has 1 amide bonds. The molecule has 2 rings (SSSR count). The molecule has 0 unspecified atom stereocenters. The number of carbonyl (C=O) groups excluding carboxylic acids is 1. The molecule has 120 valence electrons. The van der Waals surface area contributed by atoms with Crippen LogP contribution < -0.4 is 0 Å². The van der Waals surface area contributed by atoms with Crippen LogP contribution in [-0.4, -0.2) is 44.8 Å². The maximum atomic E-state index is 12.0. The van der Waals surface area contributed by atoms with Crippen LogP contribution >= 0.6 is 11.8 Å². The minimum Gasteiger partial charge on any atom is -0.444 e. The van der Waals surface area contributed by atoms with Crippen LogP contribution in [0.3, 0.4) is 0 Å². The summed E-state index contributed by atoms with van der Waals surface area (Å²) < 4.78 is 5.34. The van der Waals surface area contributed by atoms with Crippen LogP contribution in [0.25, 0.3) is 0 Å². The van der Waals surface area contributed by atoms with Gasteiger partial charge in [-0.1, -0.05) is 11.8 Å². The Morgan fingerprint density at radius 1 is 1.55 bits per heavy atom. The summed E-state index contributed by atoms with van der Waals surface area (Å²) in [4.78, 5) is 28.3. The summed E-state index contributed by atoms with van der Waals surface area (Å²) >= 11 is 1.34. The number of pyridine rings is 1. The van der Waals surface area contributed by atoms with Gasteiger partial charge in [-0.3, -0.25) is 10.1 Å². The zero-order chi connectivity index (χ0) is 16.3. The molecule has 1 saturated heterocycles. The molecule has 0 spiro atoms. The van der Waals surface area contributed by atoms with Gasteiger partial charge in [0.25, 0.3) is 0 Å². The van der Waals surface area contributed by atoms with Gasteiger partial charge in [0.15, 0.2) is 5.03 Å². The van der Waals surface area contributed by atoms with Gasteiger partial charge in [-0.25, -0.2) is 9.78 Å². The van der Waals surface area contributed by atoms with Crippen molar-refractivity contribution >= 4 is 23.5 Å². The van der Waals surface area contributed by atoms with Gasteiger partial charge in [0.05, 0.1) is 4.92 Å². The molecule has 0 bridgehead atoms. The molecular formula is C14H19N3O4S. The molecule has 0 saturated carbocycles. The van der Waals surface area contributed by atoms with Crippen molar-refractivity contribution in [1.82, 2.24) is 9.88 Å². The predicted octanol–water partition coefficient (Wildman–Crippen LogP) is 3.09. The van der Waals surface area contributed by atoms with Gasteiger partial charge in [0.1, 0.15) is 5.60 Å². The van der Waals surface area contributed by atoms with E-state index >= 15 is 0 Å². The highest BCUT2D eigenvalue weighted by atomic mass is 32.2. The monoisotopic (exact) mass is 325 g/mol. The van der Waals surface area contributed by atoms with E-state index in [0.717, 1.165) is 6.42 Å². The average molecular weight is 325 g/mol. The fourth-order valence-corrected chi connectivity index (χ4v) is 3.27. The van der Waals surface area contributed by atoms with Crippen LogP contribution in [0.1, 0.15) is 27.2 Å². The number of hydrogen-bond acceptors (Lipinski definition) is 6. The topological polar surface area (TPSA) is 85.6 Å². The van der Waals surface area contributed by atoms with Gasteiger partial charge in [-0.15, -0.1) is 0 Å². The Morgan fingerprint density at radius 3 is 2.91 bits per heavy atom. The van der Waals surface area contributed by atoms with E-state index in [1.807, 2.05) is 20.8 Å². The molecule has 1 aliphatic heterocycles. The number of amides is 1. The lowest BCUT2D eigenvalue weighted by Gasteiger charge is -2.24. The van der Waals surface area contributed by atoms with Crippen molar-refractivity contribution in [3.63, 3.8) is 0 Å². The summed E-state index contributed by atoms with van der Waals surface area (Å²) in [7, 11) is 0. The number of thioether (sulfide) groups is 1. The second kappa shape index (κ2) is 6.51. The van der Waals surface area contributed by atoms with E-state index in [1.54, 1.807) is 11.0 Å². The number of nitro groups is 1. The molecule has 22 heavy (non-hydrogen) atoms. The summed E-state index contributed by atoms with van der Waals surface area (Å²) in [5.74, 6) is 0. The molecule has 0 radical (unpaired) electrons. The Balaban J connectivity index is 1.97. The average Bonchev–Trinajstić information content (AvgIpc) is 2.86. The van der Waals surface area contributed by atoms with Gasteiger partial charge in [0, 0.05) is 30.6 Å². The summed E-state index contributed by atoms with van der Waals surface area (Å²) in [6.07, 6.45) is 1.96. The zero-order valence-corrected chi connectivity index (χ0v) is 13.6. The Bertz CT molecular complexity index is 573. The van der Waals surface area contributed by atoms with Crippen molar-refractivity contribution in [3.05, 3.63) is 28.4 Å². The fraction of sp³-hybridized carbons (Fsp3) is 0.571. The zero-order valence-electron chi connectivity index (χ0n) is 12.8. The largest absolute Gasteiger partial charge is 0.444 e. The lowest BCUT2D eigenvalue weighted by Crippen LogP contribution is -2.35. The lowest BCUT2D eigenvalue weighted by atomic mass is 10.2. The number of likely N-dealkylation sites (tertiary alicyclic amines) is 1. The molecule has 7 nitrogen and oxygen atoms in total. The molecule has 8 heteroatoms. The van der Waals surface area contributed by atoms with E-state index in [4.69, 9.17) is 4.74 Å². The second-order valence-corrected chi connectivity index (χ2v) is 7.33. The van der Waals surface area contributed by atoms with Crippen molar-refractivity contribution in [2.24, 2.45) is 0 Å². The van der Waals surface area contributed by atoms with Crippen LogP contribution in [0.5, 0.6) is 0 Å². The number of nitrogens with zero attached hydrogens (tertiary/aromatic N) is 3. The maximum absolute atomic E-state index is 12.0. The SMILES string of the molecule is CC(C)(C)OC(=O)N1CC[C@@H](Sc2ncccc2[N+](=O)[O-])C1. The van der Waals surface area contributed by atoms with Crippen molar-refractivity contribution in [3.8, 4) is 0 Å². The first kappa shape index (κ1) is 16.5. The third-order valence-corrected chi connectivity index (χ3v) is 4.28. The number of ether oxygens (including phenoxy) is 1. The van der Waals surface area contributed by atoms with Crippen LogP contribution in [0.2, 0.25) is 0 Å². The van der Waals surface area contributed by atoms with Crippen LogP contribution in [0.4, 0.5) is 10.5 Å². The Kier molecular flexibility index (Phi) is 4.90. The highest BCUT2D eigenvalue weighted by molar-refractivity contribution is 8.00. The third kappa shape index (κ3) is 4.33. The summed E-state index contributed by atoms with van der Waals surface area (Å²) in [5, 5.41) is 11.5. The quantitative estimate of drug-likeness (QED) is 0.627. The number of rotatable bonds is 3. The van der Waals surface area contributed by atoms with E-state index in [1.165, 1.54) is 24.0 Å². The van der Waals surface area contributed by atoms with E-state index in [-0.39, 0.29) is 17.0 Å². The van der Waals surface area contributed by atoms with Gasteiger partial charge >= 0.3 is 11.8 Å². The van der Waals surface area contributed by atoms with E-state index in [9.17, 15) is 14.9 Å². The molecule has 0 aromatic carbocycles. The van der Waals surface area contributed by atoms with E-state index < -0.39 is 10.5 Å². The van der Waals surface area contributed by atoms with Gasteiger partial charge in [-0.05, 0) is 33.3 Å². The van der Waals surface area contributed by atoms with E-state index in [0.29, 0.717) is 18.1 Å². The Morgan fingerprint density at radius 2 is 2.27 bits per heavy atom. The number of aromatic nitrogens is 1. The van der Waals surface area contributed by atoms with E-state index in [2.05, 4.69) is 4.98 Å². The number of carbonyl (C=O) groups is 1. The first-order valence-corrected chi connectivity index (χ1v) is 7.88. The third-order valence-electron chi connectivity index (χ3n) is 3.02. The lowest BCUT2D eigenvalue weighted by molar-refractivity contribution is -0.388. The summed E-state index contributed by atoms with van der Waals surface area (Å²) in [5.41, 5.74) is -0.523. The second-order valence-electron chi connectivity index (χ2n) is 6.04. The highest BCUT2D eigenvalue weighted by Gasteiger charge is 2.31. The van der Waals surface area contributed by atoms with Gasteiger partial charge in [-0.2, -0.15) is 0 Å². The van der Waals surface area contributed by atoms with Gasteiger partial charge < -0.3 is 9.64 Å². The molecule has 0 N–H and O–H groups in total. The minimum absolute atomic E-state index is 0.00298.